The van der Waals surface area contributed by atoms with Gasteiger partial charge in [-0.15, -0.1) is 24.0 Å². The van der Waals surface area contributed by atoms with Gasteiger partial charge >= 0.3 is 0 Å². The number of likely N-dealkylation sites (tertiary alicyclic amines) is 1. The molecule has 2 rings (SSSR count). The number of hydrogen-bond donors (Lipinski definition) is 2. The zero-order valence-corrected chi connectivity index (χ0v) is 17.9. The van der Waals surface area contributed by atoms with Gasteiger partial charge in [0.2, 0.25) is 0 Å². The highest BCUT2D eigenvalue weighted by Gasteiger charge is 2.19. The SMILES string of the molecule is COc1ccc(OC)c(NC(N)=NCC(C)N2CCC(C)CC2)c1.I. The van der Waals surface area contributed by atoms with Gasteiger partial charge in [-0.3, -0.25) is 9.89 Å². The second-order valence-corrected chi connectivity index (χ2v) is 6.48. The van der Waals surface area contributed by atoms with Gasteiger partial charge in [-0.1, -0.05) is 6.92 Å². The van der Waals surface area contributed by atoms with Crippen molar-refractivity contribution in [3.05, 3.63) is 18.2 Å². The lowest BCUT2D eigenvalue weighted by molar-refractivity contribution is 0.150. The molecule has 1 aliphatic rings. The summed E-state index contributed by atoms with van der Waals surface area (Å²) < 4.78 is 10.6. The Kier molecular flexibility index (Phi) is 9.34. The summed E-state index contributed by atoms with van der Waals surface area (Å²) in [6, 6.07) is 5.92. The van der Waals surface area contributed by atoms with Gasteiger partial charge in [0, 0.05) is 12.1 Å². The second kappa shape index (κ2) is 10.7. The first-order chi connectivity index (χ1) is 11.5. The third-order valence-electron chi connectivity index (χ3n) is 4.64. The molecule has 0 aliphatic carbocycles. The molecule has 7 heteroatoms. The monoisotopic (exact) mass is 462 g/mol. The van der Waals surface area contributed by atoms with Crippen LogP contribution in [0.25, 0.3) is 0 Å². The Morgan fingerprint density at radius 1 is 1.32 bits per heavy atom. The number of piperidine rings is 1. The normalized spacial score (nSPS) is 17.5. The maximum Gasteiger partial charge on any atom is 0.193 e. The lowest BCUT2D eigenvalue weighted by Gasteiger charge is -2.34. The van der Waals surface area contributed by atoms with Crippen LogP contribution in [-0.2, 0) is 0 Å². The van der Waals surface area contributed by atoms with Crippen molar-refractivity contribution in [3.8, 4) is 11.5 Å². The van der Waals surface area contributed by atoms with Gasteiger partial charge in [-0.2, -0.15) is 0 Å². The number of methoxy groups -OCH3 is 2. The van der Waals surface area contributed by atoms with Crippen LogP contribution in [0, 0.1) is 5.92 Å². The third-order valence-corrected chi connectivity index (χ3v) is 4.64. The van der Waals surface area contributed by atoms with Crippen LogP contribution in [0.15, 0.2) is 23.2 Å². The minimum absolute atomic E-state index is 0. The maximum atomic E-state index is 6.04. The van der Waals surface area contributed by atoms with E-state index in [2.05, 4.69) is 29.1 Å². The predicted octanol–water partition coefficient (Wildman–Crippen LogP) is 3.17. The Bertz CT molecular complexity index is 560. The summed E-state index contributed by atoms with van der Waals surface area (Å²) in [5, 5.41) is 3.11. The molecule has 0 bridgehead atoms. The van der Waals surface area contributed by atoms with E-state index in [1.807, 2.05) is 18.2 Å². The smallest absolute Gasteiger partial charge is 0.193 e. The largest absolute Gasteiger partial charge is 0.497 e. The molecule has 0 saturated carbocycles. The van der Waals surface area contributed by atoms with Crippen LogP contribution in [0.3, 0.4) is 0 Å². The average Bonchev–Trinajstić information content (AvgIpc) is 2.60. The molecular formula is C18H31IN4O2. The third kappa shape index (κ3) is 6.54. The van der Waals surface area contributed by atoms with Crippen molar-refractivity contribution in [1.29, 1.82) is 0 Å². The molecule has 6 nitrogen and oxygen atoms in total. The number of rotatable bonds is 6. The summed E-state index contributed by atoms with van der Waals surface area (Å²) in [7, 11) is 3.25. The summed E-state index contributed by atoms with van der Waals surface area (Å²) >= 11 is 0. The first-order valence-corrected chi connectivity index (χ1v) is 8.56. The zero-order valence-electron chi connectivity index (χ0n) is 15.6. The number of anilines is 1. The molecule has 0 radical (unpaired) electrons. The predicted molar refractivity (Wildman–Crippen MR) is 115 cm³/mol. The van der Waals surface area contributed by atoms with E-state index in [0.717, 1.165) is 30.4 Å². The number of ether oxygens (including phenoxy) is 2. The summed E-state index contributed by atoms with van der Waals surface area (Å²) in [6.45, 7) is 7.51. The van der Waals surface area contributed by atoms with Gasteiger partial charge in [-0.05, 0) is 50.9 Å². The van der Waals surface area contributed by atoms with E-state index in [4.69, 9.17) is 15.2 Å². The van der Waals surface area contributed by atoms with Crippen LogP contribution in [0.5, 0.6) is 11.5 Å². The van der Waals surface area contributed by atoms with Gasteiger partial charge in [0.1, 0.15) is 11.5 Å². The molecule has 1 atom stereocenters. The van der Waals surface area contributed by atoms with Crippen molar-refractivity contribution in [3.63, 3.8) is 0 Å². The number of aliphatic imine (C=N–C) groups is 1. The van der Waals surface area contributed by atoms with Gasteiger partial charge < -0.3 is 20.5 Å². The summed E-state index contributed by atoms with van der Waals surface area (Å²) in [5.41, 5.74) is 6.79. The van der Waals surface area contributed by atoms with Gasteiger partial charge in [0.15, 0.2) is 5.96 Å². The Hall–Kier alpha value is -1.22. The number of nitrogens with two attached hydrogens (primary N) is 1. The van der Waals surface area contributed by atoms with E-state index in [1.54, 1.807) is 14.2 Å². The number of benzene rings is 1. The second-order valence-electron chi connectivity index (χ2n) is 6.48. The minimum atomic E-state index is 0. The Balaban J connectivity index is 0.00000312. The standard InChI is InChI=1S/C18H30N4O2.HI/c1-13-7-9-22(10-8-13)14(2)12-20-18(19)21-16-11-15(23-3)5-6-17(16)24-4;/h5-6,11,13-14H,7-10,12H2,1-4H3,(H3,19,20,21);1H. The molecule has 1 unspecified atom stereocenters. The molecule has 0 aromatic heterocycles. The van der Waals surface area contributed by atoms with E-state index in [9.17, 15) is 0 Å². The van der Waals surface area contributed by atoms with E-state index in [0.29, 0.717) is 24.3 Å². The number of guanidine groups is 1. The Labute approximate surface area is 168 Å². The summed E-state index contributed by atoms with van der Waals surface area (Å²) in [5.74, 6) is 2.66. The van der Waals surface area contributed by atoms with Gasteiger partial charge in [0.05, 0.1) is 26.5 Å². The number of nitrogens with one attached hydrogen (secondary N) is 1. The van der Waals surface area contributed by atoms with Crippen molar-refractivity contribution in [2.24, 2.45) is 16.6 Å². The van der Waals surface area contributed by atoms with E-state index in [-0.39, 0.29) is 24.0 Å². The van der Waals surface area contributed by atoms with Crippen molar-refractivity contribution in [2.45, 2.75) is 32.7 Å². The summed E-state index contributed by atoms with van der Waals surface area (Å²) in [6.07, 6.45) is 2.53. The highest BCUT2D eigenvalue weighted by Crippen LogP contribution is 2.28. The fraction of sp³-hybridized carbons (Fsp3) is 0.611. The average molecular weight is 462 g/mol. The molecule has 1 aromatic carbocycles. The van der Waals surface area contributed by atoms with Crippen LogP contribution >= 0.6 is 24.0 Å². The van der Waals surface area contributed by atoms with Crippen LogP contribution in [0.4, 0.5) is 5.69 Å². The quantitative estimate of drug-likeness (QED) is 0.386. The molecule has 3 N–H and O–H groups in total. The van der Waals surface area contributed by atoms with Gasteiger partial charge in [0.25, 0.3) is 0 Å². The summed E-state index contributed by atoms with van der Waals surface area (Å²) in [4.78, 5) is 6.98. The minimum Gasteiger partial charge on any atom is -0.497 e. The van der Waals surface area contributed by atoms with Crippen molar-refractivity contribution in [2.75, 3.05) is 39.2 Å². The molecule has 0 spiro atoms. The number of nitrogens with zero attached hydrogens (tertiary/aromatic N) is 2. The highest BCUT2D eigenvalue weighted by atomic mass is 127. The number of hydrogen-bond acceptors (Lipinski definition) is 4. The van der Waals surface area contributed by atoms with E-state index < -0.39 is 0 Å². The fourth-order valence-corrected chi connectivity index (χ4v) is 2.90. The van der Waals surface area contributed by atoms with Crippen molar-refractivity contribution >= 4 is 35.6 Å². The number of halogens is 1. The van der Waals surface area contributed by atoms with Crippen LogP contribution < -0.4 is 20.5 Å². The molecule has 142 valence electrons. The van der Waals surface area contributed by atoms with Crippen molar-refractivity contribution in [1.82, 2.24) is 4.90 Å². The first kappa shape index (κ1) is 21.8. The maximum absolute atomic E-state index is 6.04. The zero-order chi connectivity index (χ0) is 17.5. The van der Waals surface area contributed by atoms with Crippen LogP contribution in [0.1, 0.15) is 26.7 Å². The topological polar surface area (TPSA) is 72.1 Å². The fourth-order valence-electron chi connectivity index (χ4n) is 2.90. The highest BCUT2D eigenvalue weighted by molar-refractivity contribution is 14.0. The first-order valence-electron chi connectivity index (χ1n) is 8.56. The molecule has 25 heavy (non-hydrogen) atoms. The van der Waals surface area contributed by atoms with Crippen LogP contribution in [-0.4, -0.2) is 50.8 Å². The Morgan fingerprint density at radius 3 is 2.60 bits per heavy atom. The lowest BCUT2D eigenvalue weighted by atomic mass is 9.98. The molecule has 1 aromatic rings. The molecular weight excluding hydrogens is 431 g/mol. The Morgan fingerprint density at radius 2 is 2.00 bits per heavy atom. The molecule has 0 amide bonds. The lowest BCUT2D eigenvalue weighted by Crippen LogP contribution is -2.41. The van der Waals surface area contributed by atoms with Crippen LogP contribution in [0.2, 0.25) is 0 Å². The molecule has 1 fully saturated rings. The van der Waals surface area contributed by atoms with E-state index >= 15 is 0 Å². The van der Waals surface area contributed by atoms with Crippen molar-refractivity contribution < 1.29 is 9.47 Å². The van der Waals surface area contributed by atoms with Gasteiger partial charge in [-0.25, -0.2) is 0 Å². The molecule has 1 saturated heterocycles. The molecule has 1 aliphatic heterocycles. The molecule has 1 heterocycles. The van der Waals surface area contributed by atoms with E-state index in [1.165, 1.54) is 12.8 Å².